The molecule has 2 amide bonds. The Morgan fingerprint density at radius 2 is 1.16 bits per heavy atom. The van der Waals surface area contributed by atoms with E-state index >= 15 is 0 Å². The van der Waals surface area contributed by atoms with Gasteiger partial charge in [-0.3, -0.25) is 9.59 Å². The van der Waals surface area contributed by atoms with Crippen LogP contribution in [0.25, 0.3) is 0 Å². The highest BCUT2D eigenvalue weighted by atomic mass is 16.8. The minimum absolute atomic E-state index is 0.204. The molecule has 0 aromatic carbocycles. The maximum absolute atomic E-state index is 13.3. The van der Waals surface area contributed by atoms with Crippen molar-refractivity contribution in [2.24, 2.45) is 0 Å². The predicted molar refractivity (Wildman–Crippen MR) is 292 cm³/mol. The van der Waals surface area contributed by atoms with Gasteiger partial charge in [-0.15, -0.1) is 0 Å². The second kappa shape index (κ2) is 39.9. The highest BCUT2D eigenvalue weighted by Crippen LogP contribution is 2.38. The number of rotatable bonds is 43. The number of unbranched alkanes of at least 4 members (excludes halogenated alkanes) is 23. The van der Waals surface area contributed by atoms with Crippen LogP contribution in [0.2, 0.25) is 0 Å². The average Bonchev–Trinajstić information content (AvgIpc) is 3.47. The lowest BCUT2D eigenvalue weighted by Gasteiger charge is -2.50. The second-order valence-corrected chi connectivity index (χ2v) is 22.2. The van der Waals surface area contributed by atoms with Gasteiger partial charge in [-0.1, -0.05) is 167 Å². The van der Waals surface area contributed by atoms with Crippen molar-refractivity contribution in [1.29, 1.82) is 0 Å². The number of carboxylic acids is 1. The highest BCUT2D eigenvalue weighted by Gasteiger charge is 2.60. The lowest BCUT2D eigenvalue weighted by molar-refractivity contribution is -0.386. The normalized spacial score (nSPS) is 30.7. The number of allylic oxidation sites excluding steroid dienone is 1. The van der Waals surface area contributed by atoms with Crippen molar-refractivity contribution in [2.45, 2.75) is 304 Å². The molecule has 3 fully saturated rings. The molecule has 0 saturated carbocycles. The van der Waals surface area contributed by atoms with Gasteiger partial charge < -0.3 is 100 Å². The zero-order valence-electron chi connectivity index (χ0n) is 47.9. The highest BCUT2D eigenvalue weighted by molar-refractivity contribution is 5.77. The van der Waals surface area contributed by atoms with Crippen LogP contribution in [0.1, 0.15) is 194 Å². The fraction of sp³-hybridized carbons (Fsp3) is 0.912. The van der Waals surface area contributed by atoms with Gasteiger partial charge in [0, 0.05) is 19.8 Å². The van der Waals surface area contributed by atoms with Gasteiger partial charge in [0.05, 0.1) is 50.7 Å². The van der Waals surface area contributed by atoms with Crippen LogP contribution in [-0.2, 0) is 42.8 Å². The lowest BCUT2D eigenvalue weighted by Crippen LogP contribution is -2.70. The summed E-state index contributed by atoms with van der Waals surface area (Å²) < 4.78 is 34.6. The van der Waals surface area contributed by atoms with Gasteiger partial charge in [0.15, 0.2) is 12.6 Å². The van der Waals surface area contributed by atoms with Crippen molar-refractivity contribution < 1.29 is 104 Å². The van der Waals surface area contributed by atoms with Gasteiger partial charge in [-0.25, -0.2) is 4.79 Å². The third-order valence-electron chi connectivity index (χ3n) is 15.5. The first-order chi connectivity index (χ1) is 38.4. The molecular formula is C57H104N2O21. The molecule has 18 atom stereocenters. The number of aliphatic hydroxyl groups excluding tert-OH is 11. The summed E-state index contributed by atoms with van der Waals surface area (Å²) in [7, 11) is 0. The van der Waals surface area contributed by atoms with Crippen LogP contribution < -0.4 is 10.6 Å². The molecule has 0 aliphatic carbocycles. The monoisotopic (exact) mass is 1150 g/mol. The van der Waals surface area contributed by atoms with E-state index in [0.717, 1.165) is 51.9 Å². The van der Waals surface area contributed by atoms with Crippen molar-refractivity contribution in [3.63, 3.8) is 0 Å². The quantitative estimate of drug-likeness (QED) is 0.0308. The fourth-order valence-electron chi connectivity index (χ4n) is 10.6. The van der Waals surface area contributed by atoms with Crippen LogP contribution in [0.15, 0.2) is 12.2 Å². The number of nitrogens with one attached hydrogen (secondary N) is 2. The van der Waals surface area contributed by atoms with Gasteiger partial charge in [-0.2, -0.15) is 0 Å². The Balaban J connectivity index is 1.69. The van der Waals surface area contributed by atoms with Gasteiger partial charge in [0.1, 0.15) is 67.1 Å². The van der Waals surface area contributed by atoms with Crippen molar-refractivity contribution in [2.75, 3.05) is 26.4 Å². The maximum Gasteiger partial charge on any atom is 0.364 e. The van der Waals surface area contributed by atoms with E-state index in [2.05, 4.69) is 24.5 Å². The minimum atomic E-state index is -3.08. The van der Waals surface area contributed by atoms with E-state index in [0.29, 0.717) is 12.8 Å². The van der Waals surface area contributed by atoms with Crippen molar-refractivity contribution in [3.05, 3.63) is 12.2 Å². The van der Waals surface area contributed by atoms with E-state index in [1.165, 1.54) is 103 Å². The SMILES string of the molecule is CCCCCCCCCCCCC/C=C/[C@@H](O)C(CO[C@@H]1O[C@H](CO)[C@@H](O[C@@H]2O[C@H](CO)[C@H](O)[C@H](O[C@]3(C(=O)O)C[C@H](O)[C@@H](NC(C)=O)[C@H]([C@H](O)[C@H](O)CO)O3)[C@H]2O)[C@H](O)[C@H]1O)NC(=O)CCCCCCCCCCCCCCC. The molecule has 3 aliphatic heterocycles. The number of carboxylic acid groups (broad SMARTS) is 1. The Morgan fingerprint density at radius 3 is 1.66 bits per heavy atom. The number of aliphatic carboxylic acids is 1. The van der Waals surface area contributed by atoms with Crippen LogP contribution in [-0.4, -0.2) is 215 Å². The molecule has 3 rings (SSSR count). The molecule has 468 valence electrons. The summed E-state index contributed by atoms with van der Waals surface area (Å²) in [5.74, 6) is -6.14. The van der Waals surface area contributed by atoms with Crippen molar-refractivity contribution in [1.82, 2.24) is 10.6 Å². The molecule has 23 nitrogen and oxygen atoms in total. The molecular weight excluding hydrogens is 1050 g/mol. The Hall–Kier alpha value is -2.53. The van der Waals surface area contributed by atoms with Crippen molar-refractivity contribution >= 4 is 17.8 Å². The fourth-order valence-corrected chi connectivity index (χ4v) is 10.6. The first-order valence-corrected chi connectivity index (χ1v) is 30.1. The summed E-state index contributed by atoms with van der Waals surface area (Å²) in [6.07, 6.45) is 2.84. The van der Waals surface area contributed by atoms with Gasteiger partial charge >= 0.3 is 5.97 Å². The molecule has 3 heterocycles. The number of aliphatic hydroxyl groups is 11. The van der Waals surface area contributed by atoms with Gasteiger partial charge in [0.2, 0.25) is 11.8 Å². The largest absolute Gasteiger partial charge is 0.477 e. The predicted octanol–water partition coefficient (Wildman–Crippen LogP) is 2.39. The van der Waals surface area contributed by atoms with E-state index < -0.39 is 155 Å². The Kier molecular flexibility index (Phi) is 35.8. The van der Waals surface area contributed by atoms with Crippen LogP contribution >= 0.6 is 0 Å². The van der Waals surface area contributed by atoms with Gasteiger partial charge in [-0.05, 0) is 19.3 Å². The first kappa shape index (κ1) is 71.7. The third-order valence-corrected chi connectivity index (χ3v) is 15.5. The standard InChI is InChI=1S/C57H104N2O21/c1-4-6-8-10-12-14-16-18-20-22-24-26-28-30-39(64)38(59-44(67)31-29-27-25-23-21-19-17-15-13-11-9-7-5-2)36-75-54-49(71)48(70)51(43(35-62)77-54)78-55-50(72)53(47(69)42(34-61)76-55)80-57(56(73)74)32-40(65)45(58-37(3)63)52(79-57)46(68)41(66)33-60/h28,30,38-43,45-55,60-62,64-66,68-72H,4-27,29,31-36H2,1-3H3,(H,58,63)(H,59,67)(H,73,74)/b30-28+/t38?,39-,40+,41-,42-,43-,45-,46-,47+,48-,49-,50-,51-,52-,53+,54-,55+,57+/m1/s1. The summed E-state index contributed by atoms with van der Waals surface area (Å²) in [6.45, 7) is 2.08. The van der Waals surface area contributed by atoms with E-state index in [1.54, 1.807) is 6.08 Å². The van der Waals surface area contributed by atoms with E-state index in [4.69, 9.17) is 28.4 Å². The number of amides is 2. The Bertz CT molecular complexity index is 1700. The number of hydrogen-bond donors (Lipinski definition) is 14. The molecule has 23 heteroatoms. The van der Waals surface area contributed by atoms with Crippen LogP contribution in [0, 0.1) is 0 Å². The topological polar surface area (TPSA) is 373 Å². The van der Waals surface area contributed by atoms with Crippen molar-refractivity contribution in [3.8, 4) is 0 Å². The molecule has 0 spiro atoms. The van der Waals surface area contributed by atoms with Crippen LogP contribution in [0.4, 0.5) is 0 Å². The Labute approximate surface area is 473 Å². The molecule has 80 heavy (non-hydrogen) atoms. The molecule has 1 unspecified atom stereocenters. The number of ether oxygens (including phenoxy) is 6. The number of carbonyl (C=O) groups excluding carboxylic acids is 2. The molecule has 0 bridgehead atoms. The molecule has 14 N–H and O–H groups in total. The molecule has 3 saturated heterocycles. The summed E-state index contributed by atoms with van der Waals surface area (Å²) in [5, 5.41) is 135. The second-order valence-electron chi connectivity index (χ2n) is 22.2. The lowest BCUT2D eigenvalue weighted by atomic mass is 9.88. The summed E-state index contributed by atoms with van der Waals surface area (Å²) in [5.41, 5.74) is 0. The van der Waals surface area contributed by atoms with Crippen LogP contribution in [0.5, 0.6) is 0 Å². The summed E-state index contributed by atoms with van der Waals surface area (Å²) in [6, 6.07) is -2.61. The number of hydrogen-bond acceptors (Lipinski definition) is 20. The zero-order valence-corrected chi connectivity index (χ0v) is 47.9. The van der Waals surface area contributed by atoms with Gasteiger partial charge in [0.25, 0.3) is 5.79 Å². The average molecular weight is 1150 g/mol. The molecule has 0 aromatic heterocycles. The van der Waals surface area contributed by atoms with E-state index in [9.17, 15) is 75.7 Å². The van der Waals surface area contributed by atoms with E-state index in [1.807, 2.05) is 6.08 Å². The zero-order chi connectivity index (χ0) is 59.0. The Morgan fingerprint density at radius 1 is 0.650 bits per heavy atom. The molecule has 3 aliphatic rings. The smallest absolute Gasteiger partial charge is 0.364 e. The maximum atomic E-state index is 13.3. The van der Waals surface area contributed by atoms with Crippen LogP contribution in [0.3, 0.4) is 0 Å². The summed E-state index contributed by atoms with van der Waals surface area (Å²) >= 11 is 0. The molecule has 0 radical (unpaired) electrons. The summed E-state index contributed by atoms with van der Waals surface area (Å²) in [4.78, 5) is 38.3. The third kappa shape index (κ3) is 24.2. The molecule has 0 aromatic rings. The van der Waals surface area contributed by atoms with E-state index in [-0.39, 0.29) is 12.3 Å². The first-order valence-electron chi connectivity index (χ1n) is 30.1. The number of carbonyl (C=O) groups is 3. The minimum Gasteiger partial charge on any atom is -0.477 e.